The van der Waals surface area contributed by atoms with E-state index in [0.29, 0.717) is 10.1 Å². The van der Waals surface area contributed by atoms with Crippen LogP contribution < -0.4 is 10.2 Å². The van der Waals surface area contributed by atoms with Gasteiger partial charge in [0.2, 0.25) is 0 Å². The number of anilines is 2. The van der Waals surface area contributed by atoms with Crippen molar-refractivity contribution in [3.8, 4) is 0 Å². The maximum atomic E-state index is 12.5. The van der Waals surface area contributed by atoms with E-state index >= 15 is 0 Å². The molecule has 2 aromatic carbocycles. The molecule has 4 rings (SSSR count). The Labute approximate surface area is 186 Å². The summed E-state index contributed by atoms with van der Waals surface area (Å²) in [7, 11) is -3.49. The number of nitro benzene ring substituents is 1. The molecule has 0 aromatic heterocycles. The molecule has 11 nitrogen and oxygen atoms in total. The van der Waals surface area contributed by atoms with E-state index in [1.807, 2.05) is 0 Å². The fraction of sp³-hybridized carbons (Fsp3) is 0.211. The lowest BCUT2D eigenvalue weighted by atomic mass is 10.2. The predicted molar refractivity (Wildman–Crippen MR) is 117 cm³/mol. The summed E-state index contributed by atoms with van der Waals surface area (Å²) < 4.78 is 32.4. The van der Waals surface area contributed by atoms with E-state index in [4.69, 9.17) is 4.74 Å². The summed E-state index contributed by atoms with van der Waals surface area (Å²) >= 11 is 1.14. The number of fused-ring (bicyclic) bond motifs is 3. The zero-order valence-corrected chi connectivity index (χ0v) is 18.2. The fourth-order valence-electron chi connectivity index (χ4n) is 3.08. The second kappa shape index (κ2) is 8.24. The number of sulfonamides is 1. The van der Waals surface area contributed by atoms with E-state index < -0.39 is 32.9 Å². The third-order valence-electron chi connectivity index (χ3n) is 4.69. The predicted octanol–water partition coefficient (Wildman–Crippen LogP) is 2.39. The quantitative estimate of drug-likeness (QED) is 0.390. The molecule has 2 aromatic rings. The minimum absolute atomic E-state index is 0.0858. The number of hydrogen-bond donors (Lipinski definition) is 1. The van der Waals surface area contributed by atoms with Crippen LogP contribution in [0.25, 0.3) is 0 Å². The first-order valence-electron chi connectivity index (χ1n) is 9.31. The number of nitro groups is 1. The monoisotopic (exact) mass is 476 g/mol. The summed E-state index contributed by atoms with van der Waals surface area (Å²) in [5.74, 6) is -1.47. The molecule has 1 N–H and O–H groups in total. The van der Waals surface area contributed by atoms with Crippen molar-refractivity contribution in [3.63, 3.8) is 0 Å². The van der Waals surface area contributed by atoms with E-state index in [0.717, 1.165) is 17.4 Å². The Hall–Kier alpha value is -3.45. The van der Waals surface area contributed by atoms with Gasteiger partial charge in [0, 0.05) is 29.3 Å². The van der Waals surface area contributed by atoms with Crippen molar-refractivity contribution < 1.29 is 27.7 Å². The average Bonchev–Trinajstić information content (AvgIpc) is 3.09. The normalized spacial score (nSPS) is 16.9. The van der Waals surface area contributed by atoms with Gasteiger partial charge in [-0.1, -0.05) is 6.07 Å². The zero-order valence-electron chi connectivity index (χ0n) is 16.5. The number of hydrogen-bond acceptors (Lipinski definition) is 9. The topological polar surface area (TPSA) is 148 Å². The fourth-order valence-corrected chi connectivity index (χ4v) is 5.38. The zero-order chi connectivity index (χ0) is 23.0. The van der Waals surface area contributed by atoms with E-state index in [1.165, 1.54) is 37.3 Å². The molecule has 13 heteroatoms. The Morgan fingerprint density at radius 2 is 2.06 bits per heavy atom. The molecule has 166 valence electrons. The molecule has 0 radical (unpaired) electrons. The smallest absolute Gasteiger partial charge is 0.338 e. The van der Waals surface area contributed by atoms with E-state index in [9.17, 15) is 28.1 Å². The van der Waals surface area contributed by atoms with E-state index in [-0.39, 0.29) is 29.2 Å². The van der Waals surface area contributed by atoms with Gasteiger partial charge in [0.15, 0.2) is 11.3 Å². The van der Waals surface area contributed by atoms with Gasteiger partial charge < -0.3 is 15.0 Å². The number of thioether (sulfide) groups is 1. The van der Waals surface area contributed by atoms with Crippen molar-refractivity contribution in [2.75, 3.05) is 22.5 Å². The van der Waals surface area contributed by atoms with Crippen LogP contribution in [0.5, 0.6) is 0 Å². The number of amidine groups is 1. The van der Waals surface area contributed by atoms with E-state index in [1.54, 1.807) is 17.0 Å². The lowest BCUT2D eigenvalue weighted by Crippen LogP contribution is -2.35. The second-order valence-electron chi connectivity index (χ2n) is 6.94. The molecular weight excluding hydrogens is 460 g/mol. The molecule has 0 spiro atoms. The third-order valence-corrected chi connectivity index (χ3v) is 6.99. The van der Waals surface area contributed by atoms with Crippen molar-refractivity contribution in [2.24, 2.45) is 4.40 Å². The maximum Gasteiger partial charge on any atom is 0.338 e. The Kier molecular flexibility index (Phi) is 5.60. The number of ether oxygens (including phenoxy) is 1. The summed E-state index contributed by atoms with van der Waals surface area (Å²) in [6.07, 6.45) is -1.16. The molecular formula is C19H16N4O7S2. The molecule has 32 heavy (non-hydrogen) atoms. The Bertz CT molecular complexity index is 1280. The van der Waals surface area contributed by atoms with Crippen LogP contribution in [0.2, 0.25) is 0 Å². The van der Waals surface area contributed by atoms with Gasteiger partial charge in [-0.25, -0.2) is 13.2 Å². The highest BCUT2D eigenvalue weighted by molar-refractivity contribution is 8.15. The summed E-state index contributed by atoms with van der Waals surface area (Å²) in [6.45, 7) is 1.66. The van der Waals surface area contributed by atoms with Crippen molar-refractivity contribution in [3.05, 3.63) is 58.1 Å². The first-order valence-corrected chi connectivity index (χ1v) is 11.7. The van der Waals surface area contributed by atoms with Gasteiger partial charge in [-0.15, -0.1) is 4.40 Å². The average molecular weight is 476 g/mol. The van der Waals surface area contributed by atoms with Gasteiger partial charge in [-0.3, -0.25) is 14.9 Å². The number of nitrogens with one attached hydrogen (secondary N) is 1. The number of non-ortho nitro benzene ring substituents is 1. The van der Waals surface area contributed by atoms with Crippen LogP contribution in [-0.2, 0) is 19.6 Å². The summed E-state index contributed by atoms with van der Waals surface area (Å²) in [5.41, 5.74) is 0.955. The number of carbonyl (C=O) groups is 2. The highest BCUT2D eigenvalue weighted by atomic mass is 32.2. The van der Waals surface area contributed by atoms with Crippen LogP contribution in [0.4, 0.5) is 17.1 Å². The van der Waals surface area contributed by atoms with Gasteiger partial charge >= 0.3 is 5.97 Å². The molecule has 0 fully saturated rings. The summed E-state index contributed by atoms with van der Waals surface area (Å²) in [6, 6.07) is 10.2. The number of amides is 1. The summed E-state index contributed by atoms with van der Waals surface area (Å²) in [5, 5.41) is 13.7. The van der Waals surface area contributed by atoms with Crippen LogP contribution in [0.1, 0.15) is 17.3 Å². The number of nitrogens with zero attached hydrogens (tertiary/aromatic N) is 3. The van der Waals surface area contributed by atoms with Gasteiger partial charge in [-0.05, 0) is 43.0 Å². The molecule has 0 aliphatic carbocycles. The highest BCUT2D eigenvalue weighted by Crippen LogP contribution is 2.42. The maximum absolute atomic E-state index is 12.5. The lowest BCUT2D eigenvalue weighted by molar-refractivity contribution is -0.384. The molecule has 1 unspecified atom stereocenters. The second-order valence-corrected chi connectivity index (χ2v) is 9.70. The van der Waals surface area contributed by atoms with Crippen LogP contribution >= 0.6 is 11.8 Å². The lowest BCUT2D eigenvalue weighted by Gasteiger charge is -2.22. The van der Waals surface area contributed by atoms with Crippen molar-refractivity contribution in [2.45, 2.75) is 17.9 Å². The van der Waals surface area contributed by atoms with Gasteiger partial charge in [0.1, 0.15) is 0 Å². The third kappa shape index (κ3) is 4.43. The molecule has 1 atom stereocenters. The van der Waals surface area contributed by atoms with Crippen LogP contribution in [0.15, 0.2) is 51.8 Å². The molecule has 2 heterocycles. The number of carbonyl (C=O) groups excluding carboxylic acids is 2. The van der Waals surface area contributed by atoms with Crippen molar-refractivity contribution in [1.29, 1.82) is 0 Å². The minimum atomic E-state index is -3.49. The Balaban J connectivity index is 1.43. The van der Waals surface area contributed by atoms with Gasteiger partial charge in [0.25, 0.3) is 21.6 Å². The molecule has 2 aliphatic heterocycles. The van der Waals surface area contributed by atoms with Crippen LogP contribution in [0.3, 0.4) is 0 Å². The number of rotatable bonds is 5. The van der Waals surface area contributed by atoms with Crippen LogP contribution in [0, 0.1) is 10.1 Å². The van der Waals surface area contributed by atoms with Crippen molar-refractivity contribution in [1.82, 2.24) is 0 Å². The number of benzene rings is 2. The molecule has 1 amide bonds. The van der Waals surface area contributed by atoms with E-state index in [2.05, 4.69) is 9.71 Å². The SMILES string of the molecule is CC(OC(=O)c1ccc2c(c1)SC1=NS(=O)(=O)CCN12)C(=O)Nc1cccc([N+](=O)[O-])c1. The van der Waals surface area contributed by atoms with Crippen LogP contribution in [-0.4, -0.2) is 48.8 Å². The van der Waals surface area contributed by atoms with Gasteiger partial charge in [-0.2, -0.15) is 0 Å². The number of esters is 1. The van der Waals surface area contributed by atoms with Gasteiger partial charge in [0.05, 0.1) is 21.9 Å². The first-order chi connectivity index (χ1) is 15.1. The standard InChI is InChI=1S/C19H16N4O7S2/c1-11(17(24)20-13-3-2-4-14(10-13)23(26)27)30-18(25)12-5-6-15-16(9-12)31-19-21-32(28,29)8-7-22(15)19/h2-6,9-11H,7-8H2,1H3,(H,20,24). The Morgan fingerprint density at radius 1 is 1.28 bits per heavy atom. The molecule has 0 saturated heterocycles. The summed E-state index contributed by atoms with van der Waals surface area (Å²) in [4.78, 5) is 37.6. The molecule has 0 bridgehead atoms. The largest absolute Gasteiger partial charge is 0.449 e. The Morgan fingerprint density at radius 3 is 2.81 bits per heavy atom. The molecule has 0 saturated carbocycles. The molecule has 2 aliphatic rings. The van der Waals surface area contributed by atoms with Crippen molar-refractivity contribution >= 4 is 55.9 Å². The minimum Gasteiger partial charge on any atom is -0.449 e. The highest BCUT2D eigenvalue weighted by Gasteiger charge is 2.33. The first kappa shape index (κ1) is 21.8.